The molecule has 0 aliphatic carbocycles. The molecule has 6 heteroatoms. The van der Waals surface area contributed by atoms with Gasteiger partial charge in [-0.05, 0) is 60.2 Å². The van der Waals surface area contributed by atoms with Crippen molar-refractivity contribution >= 4 is 28.4 Å². The number of para-hydroxylation sites is 1. The minimum atomic E-state index is -0.216. The highest BCUT2D eigenvalue weighted by Gasteiger charge is 2.27. The van der Waals surface area contributed by atoms with E-state index in [-0.39, 0.29) is 11.7 Å². The van der Waals surface area contributed by atoms with E-state index in [1.807, 2.05) is 17.0 Å². The highest BCUT2D eigenvalue weighted by Crippen LogP contribution is 2.35. The summed E-state index contributed by atoms with van der Waals surface area (Å²) < 4.78 is 15.9. The van der Waals surface area contributed by atoms with E-state index in [0.717, 1.165) is 23.9 Å². The highest BCUT2D eigenvalue weighted by molar-refractivity contribution is 6.29. The molecule has 1 aliphatic heterocycles. The maximum atomic E-state index is 13.7. The van der Waals surface area contributed by atoms with Crippen molar-refractivity contribution in [2.24, 2.45) is 0 Å². The molecule has 0 saturated carbocycles. The van der Waals surface area contributed by atoms with Crippen LogP contribution < -0.4 is 0 Å². The van der Waals surface area contributed by atoms with Gasteiger partial charge in [0.05, 0.1) is 5.56 Å². The van der Waals surface area contributed by atoms with Crippen molar-refractivity contribution in [1.29, 1.82) is 0 Å². The predicted octanol–water partition coefficient (Wildman–Crippen LogP) is 5.90. The van der Waals surface area contributed by atoms with Crippen LogP contribution in [0.3, 0.4) is 0 Å². The van der Waals surface area contributed by atoms with E-state index in [0.29, 0.717) is 36.3 Å². The predicted molar refractivity (Wildman–Crippen MR) is 125 cm³/mol. The summed E-state index contributed by atoms with van der Waals surface area (Å²) in [6.07, 6.45) is 5.55. The van der Waals surface area contributed by atoms with Gasteiger partial charge in [0.25, 0.3) is 5.91 Å². The molecule has 1 aliphatic rings. The molecule has 0 bridgehead atoms. The van der Waals surface area contributed by atoms with Gasteiger partial charge >= 0.3 is 0 Å². The second-order valence-corrected chi connectivity index (χ2v) is 8.68. The fourth-order valence-electron chi connectivity index (χ4n) is 4.64. The number of hydrogen-bond acceptors (Lipinski definition) is 2. The van der Waals surface area contributed by atoms with Crippen LogP contribution >= 0.6 is 11.6 Å². The average Bonchev–Trinajstić information content (AvgIpc) is 3.18. The van der Waals surface area contributed by atoms with Gasteiger partial charge in [-0.15, -0.1) is 0 Å². The summed E-state index contributed by atoms with van der Waals surface area (Å²) in [5, 5.41) is 1.62. The lowest BCUT2D eigenvalue weighted by Crippen LogP contribution is -2.37. The van der Waals surface area contributed by atoms with E-state index in [2.05, 4.69) is 33.9 Å². The van der Waals surface area contributed by atoms with E-state index in [1.165, 1.54) is 23.2 Å². The first-order valence-corrected chi connectivity index (χ1v) is 11.2. The Bertz CT molecular complexity index is 1260. The maximum Gasteiger partial charge on any atom is 0.255 e. The second kappa shape index (κ2) is 8.75. The van der Waals surface area contributed by atoms with Gasteiger partial charge in [-0.25, -0.2) is 9.37 Å². The van der Waals surface area contributed by atoms with Gasteiger partial charge in [-0.2, -0.15) is 0 Å². The van der Waals surface area contributed by atoms with Gasteiger partial charge in [0.1, 0.15) is 11.0 Å². The third kappa shape index (κ3) is 4.13. The number of carbonyl (C=O) groups is 1. The quantitative estimate of drug-likeness (QED) is 0.365. The molecule has 0 N–H and O–H groups in total. The molecule has 3 heterocycles. The normalized spacial score (nSPS) is 14.8. The lowest BCUT2D eigenvalue weighted by atomic mass is 9.89. The number of amides is 1. The number of nitrogens with zero attached hydrogens (tertiary/aromatic N) is 3. The molecular weight excluding hydrogens is 425 g/mol. The van der Waals surface area contributed by atoms with Gasteiger partial charge in [0, 0.05) is 42.9 Å². The van der Waals surface area contributed by atoms with Crippen molar-refractivity contribution in [1.82, 2.24) is 14.5 Å². The van der Waals surface area contributed by atoms with Crippen LogP contribution in [0.15, 0.2) is 73.1 Å². The van der Waals surface area contributed by atoms with Crippen molar-refractivity contribution in [3.63, 3.8) is 0 Å². The van der Waals surface area contributed by atoms with Crippen molar-refractivity contribution in [3.05, 3.63) is 101 Å². The monoisotopic (exact) mass is 447 g/mol. The van der Waals surface area contributed by atoms with Crippen LogP contribution in [0, 0.1) is 5.82 Å². The van der Waals surface area contributed by atoms with Crippen LogP contribution in [-0.4, -0.2) is 33.4 Å². The molecule has 5 rings (SSSR count). The smallest absolute Gasteiger partial charge is 0.255 e. The summed E-state index contributed by atoms with van der Waals surface area (Å²) in [5.41, 5.74) is 3.96. The van der Waals surface area contributed by atoms with E-state index in [4.69, 9.17) is 11.6 Å². The molecule has 1 saturated heterocycles. The number of pyridine rings is 1. The Morgan fingerprint density at radius 1 is 1.06 bits per heavy atom. The van der Waals surface area contributed by atoms with Crippen LogP contribution in [0.25, 0.3) is 10.9 Å². The Hall–Kier alpha value is -3.18. The van der Waals surface area contributed by atoms with Gasteiger partial charge < -0.3 is 9.47 Å². The van der Waals surface area contributed by atoms with Crippen LogP contribution in [0.5, 0.6) is 0 Å². The second-order valence-electron chi connectivity index (χ2n) is 8.30. The molecule has 0 radical (unpaired) electrons. The fourth-order valence-corrected chi connectivity index (χ4v) is 4.75. The zero-order valence-corrected chi connectivity index (χ0v) is 18.3. The van der Waals surface area contributed by atoms with E-state index in [1.54, 1.807) is 24.3 Å². The molecule has 4 nitrogen and oxygen atoms in total. The Morgan fingerprint density at radius 3 is 2.62 bits per heavy atom. The largest absolute Gasteiger partial charge is 0.343 e. The lowest BCUT2D eigenvalue weighted by Gasteiger charge is -2.32. The molecule has 162 valence electrons. The van der Waals surface area contributed by atoms with Gasteiger partial charge in [-0.3, -0.25) is 4.79 Å². The summed E-state index contributed by atoms with van der Waals surface area (Å²) in [6.45, 7) is 2.03. The number of benzene rings is 2. The van der Waals surface area contributed by atoms with Gasteiger partial charge in [0.2, 0.25) is 0 Å². The number of halogens is 2. The van der Waals surface area contributed by atoms with Crippen molar-refractivity contribution in [2.45, 2.75) is 25.3 Å². The Labute approximate surface area is 191 Å². The molecule has 0 spiro atoms. The first kappa shape index (κ1) is 20.7. The zero-order chi connectivity index (χ0) is 22.1. The summed E-state index contributed by atoms with van der Waals surface area (Å²) in [7, 11) is 0. The van der Waals surface area contributed by atoms with Crippen LogP contribution in [-0.2, 0) is 6.54 Å². The first-order valence-electron chi connectivity index (χ1n) is 10.8. The summed E-state index contributed by atoms with van der Waals surface area (Å²) in [6, 6.07) is 18.5. The number of rotatable bonds is 4. The highest BCUT2D eigenvalue weighted by atomic mass is 35.5. The Morgan fingerprint density at radius 2 is 1.88 bits per heavy atom. The fraction of sp³-hybridized carbons (Fsp3) is 0.231. The topological polar surface area (TPSA) is 38.1 Å². The summed E-state index contributed by atoms with van der Waals surface area (Å²) in [4.78, 5) is 18.7. The maximum absolute atomic E-state index is 13.7. The minimum Gasteiger partial charge on any atom is -0.343 e. The average molecular weight is 448 g/mol. The molecule has 0 atom stereocenters. The summed E-state index contributed by atoms with van der Waals surface area (Å²) in [5.74, 6) is 0.161. The number of carbonyl (C=O) groups excluding carboxylic acids is 1. The molecule has 4 aromatic rings. The Kier molecular flexibility index (Phi) is 5.66. The molecule has 32 heavy (non-hydrogen) atoms. The van der Waals surface area contributed by atoms with Gasteiger partial charge in [-0.1, -0.05) is 41.9 Å². The Balaban J connectivity index is 1.35. The van der Waals surface area contributed by atoms with E-state index in [9.17, 15) is 9.18 Å². The summed E-state index contributed by atoms with van der Waals surface area (Å²) >= 11 is 5.84. The number of likely N-dealkylation sites (tertiary alicyclic amines) is 1. The van der Waals surface area contributed by atoms with Crippen molar-refractivity contribution in [3.8, 4) is 0 Å². The van der Waals surface area contributed by atoms with Crippen LogP contribution in [0.1, 0.15) is 40.2 Å². The number of aromatic nitrogens is 2. The molecular formula is C26H23ClFN3O. The SMILES string of the molecule is O=C(c1ccc(Cl)nc1)N1CCC(c2cn(Cc3cccc(F)c3)c3ccccc23)CC1. The standard InChI is InChI=1S/C26H23ClFN3O/c27-25-9-8-20(15-29-25)26(32)30-12-10-19(11-13-30)23-17-31(24-7-2-1-6-22(23)24)16-18-4-3-5-21(28)14-18/h1-9,14-15,17,19H,10-13,16H2. The van der Waals surface area contributed by atoms with Crippen molar-refractivity contribution in [2.75, 3.05) is 13.1 Å². The molecule has 2 aromatic heterocycles. The third-order valence-corrected chi connectivity index (χ3v) is 6.48. The zero-order valence-electron chi connectivity index (χ0n) is 17.5. The minimum absolute atomic E-state index is 0.00106. The van der Waals surface area contributed by atoms with E-state index < -0.39 is 0 Å². The number of piperidine rings is 1. The van der Waals surface area contributed by atoms with Gasteiger partial charge in [0.15, 0.2) is 0 Å². The van der Waals surface area contributed by atoms with Crippen molar-refractivity contribution < 1.29 is 9.18 Å². The van der Waals surface area contributed by atoms with Crippen LogP contribution in [0.2, 0.25) is 5.15 Å². The molecule has 1 fully saturated rings. The molecule has 2 aromatic carbocycles. The molecule has 0 unspecified atom stereocenters. The number of hydrogen-bond donors (Lipinski definition) is 0. The van der Waals surface area contributed by atoms with Crippen LogP contribution in [0.4, 0.5) is 4.39 Å². The third-order valence-electron chi connectivity index (χ3n) is 6.26. The number of fused-ring (bicyclic) bond motifs is 1. The molecule has 1 amide bonds. The first-order chi connectivity index (χ1) is 15.6. The van der Waals surface area contributed by atoms with E-state index >= 15 is 0 Å². The lowest BCUT2D eigenvalue weighted by molar-refractivity contribution is 0.0713.